The van der Waals surface area contributed by atoms with Gasteiger partial charge in [0.2, 0.25) is 0 Å². The van der Waals surface area contributed by atoms with E-state index in [0.29, 0.717) is 13.0 Å². The molecule has 0 spiro atoms. The highest BCUT2D eigenvalue weighted by Gasteiger charge is 2.36. The number of carboxylic acid groups (broad SMARTS) is 1. The maximum atomic E-state index is 12.5. The first-order chi connectivity index (χ1) is 10.1. The van der Waals surface area contributed by atoms with E-state index >= 15 is 0 Å². The van der Waals surface area contributed by atoms with Gasteiger partial charge in [-0.15, -0.1) is 0 Å². The number of likely N-dealkylation sites (tertiary alicyclic amines) is 1. The molecule has 1 unspecified atom stereocenters. The molecule has 1 fully saturated rings. The molecule has 2 rings (SSSR count). The van der Waals surface area contributed by atoms with E-state index in [1.165, 1.54) is 4.90 Å². The maximum absolute atomic E-state index is 12.5. The van der Waals surface area contributed by atoms with Gasteiger partial charge in [0, 0.05) is 6.54 Å². The third-order valence-electron chi connectivity index (χ3n) is 3.38. The summed E-state index contributed by atoms with van der Waals surface area (Å²) < 4.78 is 4.98. The lowest BCUT2D eigenvalue weighted by Crippen LogP contribution is -2.49. The Kier molecular flexibility index (Phi) is 4.56. The highest BCUT2D eigenvalue weighted by molar-refractivity contribution is 6.03. The summed E-state index contributed by atoms with van der Waals surface area (Å²) in [6.45, 7) is 2.32. The third-order valence-corrected chi connectivity index (χ3v) is 3.38. The van der Waals surface area contributed by atoms with Crippen molar-refractivity contribution < 1.29 is 24.2 Å². The molecule has 1 atom stereocenters. The molecule has 2 N–H and O–H groups in total. The van der Waals surface area contributed by atoms with Gasteiger partial charge in [0.05, 0.1) is 12.9 Å². The number of hydrogen-bond acceptors (Lipinski definition) is 5. The highest BCUT2D eigenvalue weighted by atomic mass is 16.5. The Bertz CT molecular complexity index is 554. The van der Waals surface area contributed by atoms with E-state index < -0.39 is 23.9 Å². The van der Waals surface area contributed by atoms with Crippen LogP contribution in [0.25, 0.3) is 0 Å². The van der Waals surface area contributed by atoms with Gasteiger partial charge < -0.3 is 19.7 Å². The van der Waals surface area contributed by atoms with Gasteiger partial charge in [-0.25, -0.2) is 14.6 Å². The average molecular weight is 295 g/mol. The fraction of sp³-hybridized carbons (Fsp3) is 0.538. The second-order valence-corrected chi connectivity index (χ2v) is 4.69. The Morgan fingerprint density at radius 2 is 2.24 bits per heavy atom. The minimum Gasteiger partial charge on any atom is -0.477 e. The van der Waals surface area contributed by atoms with Crippen molar-refractivity contribution in [1.29, 1.82) is 0 Å². The standard InChI is InChI=1S/C13H17N3O5/c1-2-21-13(20)8-5-3-4-6-16(8)11(17)9-10(12(18)19)15-7-14-9/h7-8H,2-6H2,1H3,(H,14,15)(H,18,19). The molecule has 1 aromatic heterocycles. The summed E-state index contributed by atoms with van der Waals surface area (Å²) >= 11 is 0. The van der Waals surface area contributed by atoms with Gasteiger partial charge >= 0.3 is 11.9 Å². The van der Waals surface area contributed by atoms with E-state index in [1.54, 1.807) is 6.92 Å². The number of rotatable bonds is 4. The van der Waals surface area contributed by atoms with E-state index in [1.807, 2.05) is 0 Å². The van der Waals surface area contributed by atoms with Crippen molar-refractivity contribution in [3.8, 4) is 0 Å². The number of carbonyl (C=O) groups is 3. The van der Waals surface area contributed by atoms with E-state index in [4.69, 9.17) is 9.84 Å². The van der Waals surface area contributed by atoms with Gasteiger partial charge in [-0.1, -0.05) is 0 Å². The van der Waals surface area contributed by atoms with Crippen LogP contribution in [0, 0.1) is 0 Å². The molecular formula is C13H17N3O5. The quantitative estimate of drug-likeness (QED) is 0.789. The normalized spacial score (nSPS) is 18.3. The summed E-state index contributed by atoms with van der Waals surface area (Å²) in [5.41, 5.74) is -0.452. The van der Waals surface area contributed by atoms with Crippen LogP contribution in [0.15, 0.2) is 6.33 Å². The number of H-pyrrole nitrogens is 1. The Morgan fingerprint density at radius 1 is 1.48 bits per heavy atom. The minimum atomic E-state index is -1.26. The van der Waals surface area contributed by atoms with E-state index in [2.05, 4.69) is 9.97 Å². The second-order valence-electron chi connectivity index (χ2n) is 4.69. The Morgan fingerprint density at radius 3 is 2.90 bits per heavy atom. The number of ether oxygens (including phenoxy) is 1. The van der Waals surface area contributed by atoms with Crippen LogP contribution in [0.3, 0.4) is 0 Å². The van der Waals surface area contributed by atoms with Crippen LogP contribution in [-0.4, -0.2) is 57.0 Å². The number of carboxylic acids is 1. The predicted octanol–water partition coefficient (Wildman–Crippen LogP) is 0.666. The van der Waals surface area contributed by atoms with Gasteiger partial charge in [-0.3, -0.25) is 4.79 Å². The van der Waals surface area contributed by atoms with Crippen LogP contribution >= 0.6 is 0 Å². The molecule has 8 heteroatoms. The van der Waals surface area contributed by atoms with Crippen molar-refractivity contribution in [3.05, 3.63) is 17.7 Å². The fourth-order valence-electron chi connectivity index (χ4n) is 2.41. The number of aromatic nitrogens is 2. The summed E-state index contributed by atoms with van der Waals surface area (Å²) in [5, 5.41) is 9.03. The van der Waals surface area contributed by atoms with E-state index in [0.717, 1.165) is 19.2 Å². The molecule has 0 aliphatic carbocycles. The molecule has 2 heterocycles. The second kappa shape index (κ2) is 6.38. The number of hydrogen-bond donors (Lipinski definition) is 2. The largest absolute Gasteiger partial charge is 0.477 e. The first kappa shape index (κ1) is 15.0. The summed E-state index contributed by atoms with van der Waals surface area (Å²) in [6, 6.07) is -0.676. The molecule has 1 aliphatic rings. The molecule has 21 heavy (non-hydrogen) atoms. The third kappa shape index (κ3) is 3.04. The monoisotopic (exact) mass is 295 g/mol. The van der Waals surface area contributed by atoms with Crippen molar-refractivity contribution in [2.45, 2.75) is 32.2 Å². The number of amides is 1. The van der Waals surface area contributed by atoms with Crippen LogP contribution in [-0.2, 0) is 9.53 Å². The zero-order valence-corrected chi connectivity index (χ0v) is 11.7. The SMILES string of the molecule is CCOC(=O)C1CCCCN1C(=O)c1nc[nH]c1C(=O)O. The van der Waals surface area contributed by atoms with Gasteiger partial charge in [-0.2, -0.15) is 0 Å². The summed E-state index contributed by atoms with van der Waals surface area (Å²) in [5.74, 6) is -2.29. The van der Waals surface area contributed by atoms with Gasteiger partial charge in [-0.05, 0) is 26.2 Å². The number of nitrogens with zero attached hydrogens (tertiary/aromatic N) is 2. The Hall–Kier alpha value is -2.38. The first-order valence-corrected chi connectivity index (χ1v) is 6.80. The lowest BCUT2D eigenvalue weighted by atomic mass is 10.0. The van der Waals surface area contributed by atoms with Gasteiger partial charge in [0.1, 0.15) is 6.04 Å². The van der Waals surface area contributed by atoms with Gasteiger partial charge in [0.25, 0.3) is 5.91 Å². The number of aromatic amines is 1. The Balaban J connectivity index is 2.24. The molecule has 1 aromatic rings. The summed E-state index contributed by atoms with van der Waals surface area (Å²) in [4.78, 5) is 43.0. The fourth-order valence-corrected chi connectivity index (χ4v) is 2.41. The zero-order valence-electron chi connectivity index (χ0n) is 11.7. The topological polar surface area (TPSA) is 113 Å². The highest BCUT2D eigenvalue weighted by Crippen LogP contribution is 2.21. The van der Waals surface area contributed by atoms with Gasteiger partial charge in [0.15, 0.2) is 11.4 Å². The minimum absolute atomic E-state index is 0.182. The van der Waals surface area contributed by atoms with Crippen molar-refractivity contribution in [2.75, 3.05) is 13.2 Å². The maximum Gasteiger partial charge on any atom is 0.354 e. The van der Waals surface area contributed by atoms with Crippen LogP contribution in [0.1, 0.15) is 47.2 Å². The van der Waals surface area contributed by atoms with E-state index in [9.17, 15) is 14.4 Å². The first-order valence-electron chi connectivity index (χ1n) is 6.80. The zero-order chi connectivity index (χ0) is 15.4. The molecule has 114 valence electrons. The number of esters is 1. The molecule has 1 amide bonds. The number of piperidine rings is 1. The molecule has 1 aliphatic heterocycles. The summed E-state index contributed by atoms with van der Waals surface area (Å²) in [7, 11) is 0. The predicted molar refractivity (Wildman–Crippen MR) is 70.9 cm³/mol. The van der Waals surface area contributed by atoms with Crippen molar-refractivity contribution >= 4 is 17.8 Å². The molecule has 0 saturated carbocycles. The van der Waals surface area contributed by atoms with Crippen LogP contribution in [0.5, 0.6) is 0 Å². The smallest absolute Gasteiger partial charge is 0.354 e. The molecular weight excluding hydrogens is 278 g/mol. The van der Waals surface area contributed by atoms with Crippen LogP contribution in [0.2, 0.25) is 0 Å². The number of carbonyl (C=O) groups excluding carboxylic acids is 2. The molecule has 1 saturated heterocycles. The molecule has 8 nitrogen and oxygen atoms in total. The number of aromatic carboxylic acids is 1. The lowest BCUT2D eigenvalue weighted by Gasteiger charge is -2.33. The van der Waals surface area contributed by atoms with Crippen molar-refractivity contribution in [2.24, 2.45) is 0 Å². The number of nitrogens with one attached hydrogen (secondary N) is 1. The summed E-state index contributed by atoms with van der Waals surface area (Å²) in [6.07, 6.45) is 3.24. The van der Waals surface area contributed by atoms with Crippen molar-refractivity contribution in [3.63, 3.8) is 0 Å². The van der Waals surface area contributed by atoms with Crippen molar-refractivity contribution in [1.82, 2.24) is 14.9 Å². The molecule has 0 bridgehead atoms. The van der Waals surface area contributed by atoms with Crippen LogP contribution in [0.4, 0.5) is 0 Å². The molecule has 0 radical (unpaired) electrons. The molecule has 0 aromatic carbocycles. The lowest BCUT2D eigenvalue weighted by molar-refractivity contribution is -0.149. The Labute approximate surface area is 121 Å². The van der Waals surface area contributed by atoms with E-state index in [-0.39, 0.29) is 18.0 Å². The van der Waals surface area contributed by atoms with Crippen LogP contribution < -0.4 is 0 Å². The average Bonchev–Trinajstić information content (AvgIpc) is 2.96. The number of imidazole rings is 1.